The Morgan fingerprint density at radius 1 is 1.44 bits per heavy atom. The average molecular weight is 248 g/mol. The first-order chi connectivity index (χ1) is 8.50. The molecule has 6 heteroatoms. The zero-order valence-electron chi connectivity index (χ0n) is 10.0. The number of hydrogen-bond acceptors (Lipinski definition) is 3. The smallest absolute Gasteiger partial charge is 0.257 e. The number of carbonyl (C=O) groups is 1. The number of carbonyl (C=O) groups excluding carboxylic acids is 1. The molecule has 1 heterocycles. The number of nitrogen functional groups attached to an aromatic ring is 1. The largest absolute Gasteiger partial charge is 0.396 e. The van der Waals surface area contributed by atoms with E-state index >= 15 is 0 Å². The number of hydrogen-bond donors (Lipinski definition) is 3. The van der Waals surface area contributed by atoms with Gasteiger partial charge in [-0.25, -0.2) is 4.39 Å². The van der Waals surface area contributed by atoms with Gasteiger partial charge in [-0.3, -0.25) is 9.89 Å². The molecule has 5 nitrogen and oxygen atoms in total. The fourth-order valence-electron chi connectivity index (χ4n) is 1.65. The Kier molecular flexibility index (Phi) is 3.01. The van der Waals surface area contributed by atoms with Crippen molar-refractivity contribution in [2.24, 2.45) is 0 Å². The summed E-state index contributed by atoms with van der Waals surface area (Å²) >= 11 is 0. The lowest BCUT2D eigenvalue weighted by Crippen LogP contribution is -2.15. The Balaban J connectivity index is 2.31. The van der Waals surface area contributed by atoms with Gasteiger partial charge in [-0.2, -0.15) is 5.10 Å². The average Bonchev–Trinajstić information content (AvgIpc) is 2.64. The summed E-state index contributed by atoms with van der Waals surface area (Å²) in [7, 11) is 0. The zero-order chi connectivity index (χ0) is 13.3. The summed E-state index contributed by atoms with van der Waals surface area (Å²) < 4.78 is 13.3. The van der Waals surface area contributed by atoms with E-state index in [-0.39, 0.29) is 11.3 Å². The van der Waals surface area contributed by atoms with E-state index in [2.05, 4.69) is 15.5 Å². The predicted molar refractivity (Wildman–Crippen MR) is 66.8 cm³/mol. The predicted octanol–water partition coefficient (Wildman–Crippen LogP) is 2.00. The summed E-state index contributed by atoms with van der Waals surface area (Å²) in [5, 5.41) is 9.37. The highest BCUT2D eigenvalue weighted by atomic mass is 19.1. The third-order valence-electron chi connectivity index (χ3n) is 2.66. The van der Waals surface area contributed by atoms with Crippen LogP contribution in [0.3, 0.4) is 0 Å². The maximum atomic E-state index is 13.3. The van der Waals surface area contributed by atoms with E-state index in [4.69, 9.17) is 5.73 Å². The highest BCUT2D eigenvalue weighted by Crippen LogP contribution is 2.20. The second-order valence-electron chi connectivity index (χ2n) is 3.96. The number of nitrogens with one attached hydrogen (secondary N) is 2. The normalized spacial score (nSPS) is 10.4. The fraction of sp³-hybridized carbons (Fsp3) is 0.167. The van der Waals surface area contributed by atoms with E-state index < -0.39 is 11.7 Å². The molecule has 0 aliphatic heterocycles. The van der Waals surface area contributed by atoms with Crippen LogP contribution in [-0.2, 0) is 0 Å². The highest BCUT2D eigenvalue weighted by Gasteiger charge is 2.15. The van der Waals surface area contributed by atoms with Gasteiger partial charge in [-0.15, -0.1) is 0 Å². The van der Waals surface area contributed by atoms with E-state index in [0.29, 0.717) is 11.4 Å². The van der Waals surface area contributed by atoms with Crippen LogP contribution in [0.25, 0.3) is 0 Å². The molecular formula is C12H13FN4O. The minimum atomic E-state index is -0.608. The molecule has 94 valence electrons. The van der Waals surface area contributed by atoms with Crippen molar-refractivity contribution in [2.45, 2.75) is 13.8 Å². The summed E-state index contributed by atoms with van der Waals surface area (Å²) in [6.45, 7) is 3.54. The topological polar surface area (TPSA) is 83.8 Å². The van der Waals surface area contributed by atoms with Crippen molar-refractivity contribution in [3.63, 3.8) is 0 Å². The summed E-state index contributed by atoms with van der Waals surface area (Å²) in [5.74, 6) is -1.07. The van der Waals surface area contributed by atoms with E-state index in [0.717, 1.165) is 5.69 Å². The van der Waals surface area contributed by atoms with E-state index in [1.165, 1.54) is 18.2 Å². The molecule has 1 aromatic carbocycles. The summed E-state index contributed by atoms with van der Waals surface area (Å²) in [5.41, 5.74) is 7.46. The van der Waals surface area contributed by atoms with Gasteiger partial charge in [0.05, 0.1) is 28.3 Å². The van der Waals surface area contributed by atoms with Gasteiger partial charge in [0.15, 0.2) is 0 Å². The third kappa shape index (κ3) is 2.04. The van der Waals surface area contributed by atoms with Gasteiger partial charge in [0.2, 0.25) is 0 Å². The number of halogens is 1. The van der Waals surface area contributed by atoms with E-state index in [1.807, 2.05) is 0 Å². The second-order valence-corrected chi connectivity index (χ2v) is 3.96. The number of amides is 1. The van der Waals surface area contributed by atoms with Gasteiger partial charge in [0, 0.05) is 0 Å². The number of aromatic amines is 1. The van der Waals surface area contributed by atoms with Gasteiger partial charge in [-0.05, 0) is 26.0 Å². The maximum Gasteiger partial charge on any atom is 0.257 e. The number of aryl methyl sites for hydroxylation is 2. The Hall–Kier alpha value is -2.37. The molecule has 0 saturated carbocycles. The molecule has 0 aliphatic rings. The van der Waals surface area contributed by atoms with Crippen LogP contribution < -0.4 is 11.1 Å². The number of para-hydroxylation sites is 1. The molecule has 0 radical (unpaired) electrons. The molecule has 4 N–H and O–H groups in total. The minimum Gasteiger partial charge on any atom is -0.396 e. The van der Waals surface area contributed by atoms with Gasteiger partial charge < -0.3 is 11.1 Å². The van der Waals surface area contributed by atoms with Crippen LogP contribution in [-0.4, -0.2) is 16.1 Å². The highest BCUT2D eigenvalue weighted by molar-refractivity contribution is 6.08. The molecule has 0 saturated heterocycles. The number of nitrogens with zero attached hydrogens (tertiary/aromatic N) is 1. The Morgan fingerprint density at radius 3 is 2.78 bits per heavy atom. The number of benzene rings is 1. The standard InChI is InChI=1S/C12H13FN4O/c1-6-11(7(2)17-16-6)15-12(18)8-4-3-5-9(13)10(8)14/h3-5H,14H2,1-2H3,(H,15,18)(H,16,17). The molecule has 2 rings (SSSR count). The Bertz CT molecular complexity index is 587. The number of rotatable bonds is 2. The molecule has 18 heavy (non-hydrogen) atoms. The number of anilines is 2. The van der Waals surface area contributed by atoms with E-state index in [9.17, 15) is 9.18 Å². The zero-order valence-corrected chi connectivity index (χ0v) is 10.0. The first kappa shape index (κ1) is 12.1. The molecule has 1 aromatic heterocycles. The number of nitrogens with two attached hydrogens (primary N) is 1. The second kappa shape index (κ2) is 4.48. The van der Waals surface area contributed by atoms with Crippen LogP contribution in [0, 0.1) is 19.7 Å². The summed E-state index contributed by atoms with van der Waals surface area (Å²) in [6.07, 6.45) is 0. The Morgan fingerprint density at radius 2 is 2.17 bits per heavy atom. The molecule has 0 fully saturated rings. The van der Waals surface area contributed by atoms with Crippen LogP contribution in [0.4, 0.5) is 15.8 Å². The molecule has 0 bridgehead atoms. The minimum absolute atomic E-state index is 0.106. The molecule has 0 unspecified atom stereocenters. The fourth-order valence-corrected chi connectivity index (χ4v) is 1.65. The monoisotopic (exact) mass is 248 g/mol. The van der Waals surface area contributed by atoms with Crippen molar-refractivity contribution in [1.82, 2.24) is 10.2 Å². The van der Waals surface area contributed by atoms with Crippen LogP contribution in [0.2, 0.25) is 0 Å². The van der Waals surface area contributed by atoms with Crippen molar-refractivity contribution in [1.29, 1.82) is 0 Å². The van der Waals surface area contributed by atoms with Gasteiger partial charge >= 0.3 is 0 Å². The van der Waals surface area contributed by atoms with Crippen LogP contribution in [0.1, 0.15) is 21.7 Å². The van der Waals surface area contributed by atoms with Crippen LogP contribution in [0.15, 0.2) is 18.2 Å². The molecule has 0 atom stereocenters. The van der Waals surface area contributed by atoms with Crippen molar-refractivity contribution in [3.05, 3.63) is 41.0 Å². The van der Waals surface area contributed by atoms with Crippen LogP contribution in [0.5, 0.6) is 0 Å². The van der Waals surface area contributed by atoms with Crippen molar-refractivity contribution in [2.75, 3.05) is 11.1 Å². The van der Waals surface area contributed by atoms with Gasteiger partial charge in [-0.1, -0.05) is 6.07 Å². The van der Waals surface area contributed by atoms with Gasteiger partial charge in [0.25, 0.3) is 5.91 Å². The summed E-state index contributed by atoms with van der Waals surface area (Å²) in [6, 6.07) is 4.12. The maximum absolute atomic E-state index is 13.3. The SMILES string of the molecule is Cc1n[nH]c(C)c1NC(=O)c1cccc(F)c1N. The number of H-pyrrole nitrogens is 1. The van der Waals surface area contributed by atoms with E-state index in [1.54, 1.807) is 13.8 Å². The van der Waals surface area contributed by atoms with Crippen molar-refractivity contribution in [3.8, 4) is 0 Å². The molecule has 0 spiro atoms. The molecule has 0 aliphatic carbocycles. The quantitative estimate of drug-likeness (QED) is 0.711. The van der Waals surface area contributed by atoms with Crippen LogP contribution >= 0.6 is 0 Å². The molecule has 1 amide bonds. The summed E-state index contributed by atoms with van der Waals surface area (Å²) in [4.78, 5) is 12.0. The lowest BCUT2D eigenvalue weighted by molar-refractivity contribution is 0.102. The van der Waals surface area contributed by atoms with Crippen molar-refractivity contribution < 1.29 is 9.18 Å². The lowest BCUT2D eigenvalue weighted by atomic mass is 10.1. The van der Waals surface area contributed by atoms with Crippen molar-refractivity contribution >= 4 is 17.3 Å². The third-order valence-corrected chi connectivity index (χ3v) is 2.66. The molecule has 2 aromatic rings. The number of aromatic nitrogens is 2. The molecular weight excluding hydrogens is 235 g/mol. The first-order valence-electron chi connectivity index (χ1n) is 5.37. The lowest BCUT2D eigenvalue weighted by Gasteiger charge is -2.08. The first-order valence-corrected chi connectivity index (χ1v) is 5.37. The van der Waals surface area contributed by atoms with Gasteiger partial charge in [0.1, 0.15) is 5.82 Å². The Labute approximate surface area is 103 Å².